The second kappa shape index (κ2) is 25.3. The van der Waals surface area contributed by atoms with E-state index in [1.807, 2.05) is 6.92 Å². The molecule has 1 fully saturated rings. The number of amides is 2. The van der Waals surface area contributed by atoms with Gasteiger partial charge in [-0.25, -0.2) is 0 Å². The van der Waals surface area contributed by atoms with Crippen LogP contribution in [0, 0.1) is 0 Å². The molecule has 0 aromatic carbocycles. The maximum atomic E-state index is 10.1. The molecule has 1 rings (SSSR count). The predicted octanol–water partition coefficient (Wildman–Crippen LogP) is 1.64. The molecule has 1 saturated heterocycles. The third-order valence-corrected chi connectivity index (χ3v) is 1.68. The van der Waals surface area contributed by atoms with Gasteiger partial charge in [0.15, 0.2) is 0 Å². The van der Waals surface area contributed by atoms with Gasteiger partial charge in [0, 0.05) is 36.5 Å². The van der Waals surface area contributed by atoms with Gasteiger partial charge in [-0.05, 0) is 12.8 Å². The Kier molecular flexibility index (Phi) is 50.6. The number of carbonyl (C=O) groups is 2. The zero-order chi connectivity index (χ0) is 10.1. The zero-order valence-electron chi connectivity index (χ0n) is 8.94. The SMILES string of the molecule is C.C.C.CCCCC(N)=O.O.O=C1CCCN1.[Cu]. The summed E-state index contributed by atoms with van der Waals surface area (Å²) in [6.45, 7) is 2.92. The molecule has 0 unspecified atom stereocenters. The van der Waals surface area contributed by atoms with Crippen LogP contribution in [-0.4, -0.2) is 23.8 Å². The Labute approximate surface area is 123 Å². The van der Waals surface area contributed by atoms with Crippen molar-refractivity contribution < 1.29 is 32.1 Å². The van der Waals surface area contributed by atoms with E-state index in [-0.39, 0.29) is 56.6 Å². The van der Waals surface area contributed by atoms with Gasteiger partial charge in [-0.3, -0.25) is 9.59 Å². The van der Waals surface area contributed by atoms with Gasteiger partial charge in [-0.1, -0.05) is 35.6 Å². The van der Waals surface area contributed by atoms with Gasteiger partial charge >= 0.3 is 0 Å². The second-order valence-corrected chi connectivity index (χ2v) is 3.02. The third kappa shape index (κ3) is 29.5. The summed E-state index contributed by atoms with van der Waals surface area (Å²) in [5.74, 6) is 0.0110. The molecule has 0 spiro atoms. The Hall–Kier alpha value is -0.581. The molecule has 0 aromatic heterocycles. The first-order valence-electron chi connectivity index (χ1n) is 4.71. The second-order valence-electron chi connectivity index (χ2n) is 3.02. The monoisotopic (exact) mass is 315 g/mol. The van der Waals surface area contributed by atoms with Crippen LogP contribution in [0.4, 0.5) is 0 Å². The van der Waals surface area contributed by atoms with Crippen molar-refractivity contribution in [3.05, 3.63) is 0 Å². The number of nitrogens with one attached hydrogen (secondary N) is 1. The van der Waals surface area contributed by atoms with Crippen LogP contribution in [0.25, 0.3) is 0 Å². The van der Waals surface area contributed by atoms with E-state index in [1.165, 1.54) is 0 Å². The van der Waals surface area contributed by atoms with E-state index in [9.17, 15) is 9.59 Å². The van der Waals surface area contributed by atoms with E-state index in [0.29, 0.717) is 6.42 Å². The van der Waals surface area contributed by atoms with Crippen molar-refractivity contribution >= 4 is 11.8 Å². The average Bonchev–Trinajstić information content (AvgIpc) is 2.53. The minimum Gasteiger partial charge on any atom is -0.412 e. The van der Waals surface area contributed by atoms with Crippen molar-refractivity contribution in [3.63, 3.8) is 0 Å². The van der Waals surface area contributed by atoms with Crippen molar-refractivity contribution in [1.82, 2.24) is 5.32 Å². The molecule has 0 aliphatic carbocycles. The van der Waals surface area contributed by atoms with Crippen LogP contribution < -0.4 is 11.1 Å². The topological polar surface area (TPSA) is 104 Å². The molecular weight excluding hydrogens is 284 g/mol. The van der Waals surface area contributed by atoms with Gasteiger partial charge < -0.3 is 16.5 Å². The normalized spacial score (nSPS) is 10.4. The Balaban J connectivity index is -0.0000000314. The van der Waals surface area contributed by atoms with Crippen LogP contribution in [0.3, 0.4) is 0 Å². The molecule has 0 atom stereocenters. The standard InChI is InChI=1S/C5H11NO.C4H7NO.3CH4.Cu.H2O/c1-2-3-4-5(6)7;6-4-2-1-3-5-4;;;;;/h2-4H2,1H3,(H2,6,7);1-3H2,(H,5,6);3*1H4;;1H2. The predicted molar refractivity (Wildman–Crippen MR) is 74.8 cm³/mol. The molecule has 1 heterocycles. The van der Waals surface area contributed by atoms with Crippen molar-refractivity contribution in [2.24, 2.45) is 5.73 Å². The molecule has 5 N–H and O–H groups in total. The summed E-state index contributed by atoms with van der Waals surface area (Å²) in [5.41, 5.74) is 4.84. The summed E-state index contributed by atoms with van der Waals surface area (Å²) in [6.07, 6.45) is 4.27. The maximum Gasteiger partial charge on any atom is 0.220 e. The van der Waals surface area contributed by atoms with E-state index in [4.69, 9.17) is 5.73 Å². The summed E-state index contributed by atoms with van der Waals surface area (Å²) in [7, 11) is 0. The van der Waals surface area contributed by atoms with Crippen LogP contribution in [0.5, 0.6) is 0 Å². The van der Waals surface area contributed by atoms with E-state index in [0.717, 1.165) is 32.2 Å². The number of unbranched alkanes of at least 4 members (excludes halogenated alkanes) is 1. The molecule has 5 nitrogen and oxygen atoms in total. The number of rotatable bonds is 3. The number of nitrogens with two attached hydrogens (primary N) is 1. The Morgan fingerprint density at radius 2 is 1.83 bits per heavy atom. The fourth-order valence-corrected chi connectivity index (χ4v) is 0.916. The van der Waals surface area contributed by atoms with Crippen molar-refractivity contribution in [1.29, 1.82) is 0 Å². The first kappa shape index (κ1) is 36.0. The fourth-order valence-electron chi connectivity index (χ4n) is 0.916. The molecule has 1 radical (unpaired) electrons. The summed E-state index contributed by atoms with van der Waals surface area (Å²) in [5, 5.41) is 2.68. The molecule has 0 saturated carbocycles. The van der Waals surface area contributed by atoms with Gasteiger partial charge in [0.1, 0.15) is 0 Å². The summed E-state index contributed by atoms with van der Waals surface area (Å²) < 4.78 is 0. The molecule has 0 aromatic rings. The van der Waals surface area contributed by atoms with Gasteiger partial charge in [0.25, 0.3) is 0 Å². The molecule has 1 aliphatic heterocycles. The molecule has 0 bridgehead atoms. The summed E-state index contributed by atoms with van der Waals surface area (Å²) in [6, 6.07) is 0. The van der Waals surface area contributed by atoms with Crippen LogP contribution in [0.1, 0.15) is 61.3 Å². The van der Waals surface area contributed by atoms with Crippen LogP contribution >= 0.6 is 0 Å². The fraction of sp³-hybridized carbons (Fsp3) is 0.833. The van der Waals surface area contributed by atoms with E-state index >= 15 is 0 Å². The minimum absolute atomic E-state index is 0. The van der Waals surface area contributed by atoms with Gasteiger partial charge in [0.05, 0.1) is 0 Å². The van der Waals surface area contributed by atoms with Crippen molar-refractivity contribution in [2.45, 2.75) is 61.3 Å². The molecule has 2 amide bonds. The zero-order valence-corrected chi connectivity index (χ0v) is 9.88. The average molecular weight is 316 g/mol. The summed E-state index contributed by atoms with van der Waals surface area (Å²) >= 11 is 0. The molecule has 6 heteroatoms. The first-order valence-corrected chi connectivity index (χ1v) is 4.71. The largest absolute Gasteiger partial charge is 0.412 e. The van der Waals surface area contributed by atoms with Gasteiger partial charge in [-0.15, -0.1) is 0 Å². The third-order valence-electron chi connectivity index (χ3n) is 1.68. The number of hydrogen-bond acceptors (Lipinski definition) is 2. The maximum absolute atomic E-state index is 10.1. The first-order chi connectivity index (χ1) is 6.16. The molecule has 18 heavy (non-hydrogen) atoms. The van der Waals surface area contributed by atoms with Crippen molar-refractivity contribution in [2.75, 3.05) is 6.54 Å². The molecular formula is C12H32CuN2O3. The number of hydrogen-bond donors (Lipinski definition) is 2. The Bertz CT molecular complexity index is 171. The molecule has 1 aliphatic rings. The van der Waals surface area contributed by atoms with Crippen LogP contribution in [0.2, 0.25) is 0 Å². The van der Waals surface area contributed by atoms with E-state index < -0.39 is 0 Å². The Morgan fingerprint density at radius 3 is 1.94 bits per heavy atom. The number of carbonyl (C=O) groups excluding carboxylic acids is 2. The van der Waals surface area contributed by atoms with Crippen LogP contribution in [-0.2, 0) is 26.7 Å². The summed E-state index contributed by atoms with van der Waals surface area (Å²) in [4.78, 5) is 20.1. The number of primary amides is 1. The molecule has 119 valence electrons. The van der Waals surface area contributed by atoms with Gasteiger partial charge in [0.2, 0.25) is 11.8 Å². The minimum atomic E-state index is -0.193. The van der Waals surface area contributed by atoms with E-state index in [1.54, 1.807) is 0 Å². The van der Waals surface area contributed by atoms with Gasteiger partial charge in [-0.2, -0.15) is 0 Å². The Morgan fingerprint density at radius 1 is 1.33 bits per heavy atom. The van der Waals surface area contributed by atoms with Crippen molar-refractivity contribution in [3.8, 4) is 0 Å². The smallest absolute Gasteiger partial charge is 0.220 e. The van der Waals surface area contributed by atoms with E-state index in [2.05, 4.69) is 5.32 Å². The van der Waals surface area contributed by atoms with Crippen LogP contribution in [0.15, 0.2) is 0 Å². The quantitative estimate of drug-likeness (QED) is 0.773.